The van der Waals surface area contributed by atoms with Crippen molar-refractivity contribution in [3.8, 4) is 11.5 Å². The van der Waals surface area contributed by atoms with Gasteiger partial charge in [-0.2, -0.15) is 0 Å². The Hall–Kier alpha value is -3.72. The van der Waals surface area contributed by atoms with Crippen molar-refractivity contribution in [1.29, 1.82) is 0 Å². The molecule has 2 N–H and O–H groups in total. The van der Waals surface area contributed by atoms with E-state index in [1.807, 2.05) is 36.6 Å². The van der Waals surface area contributed by atoms with Gasteiger partial charge in [-0.25, -0.2) is 14.6 Å². The van der Waals surface area contributed by atoms with Crippen LogP contribution in [0.15, 0.2) is 71.8 Å². The Labute approximate surface area is 203 Å². The molecule has 2 aromatic carbocycles. The van der Waals surface area contributed by atoms with Gasteiger partial charge < -0.3 is 14.2 Å². The van der Waals surface area contributed by atoms with Gasteiger partial charge in [-0.3, -0.25) is 10.6 Å². The van der Waals surface area contributed by atoms with Gasteiger partial charge in [0.15, 0.2) is 0 Å². The summed E-state index contributed by atoms with van der Waals surface area (Å²) in [5.74, 6) is 1.33. The second-order valence-electron chi connectivity index (χ2n) is 8.15. The minimum Gasteiger partial charge on any atom is -0.457 e. The molecule has 1 aromatic heterocycles. The Kier molecular flexibility index (Phi) is 8.37. The molecule has 0 unspecified atom stereocenters. The summed E-state index contributed by atoms with van der Waals surface area (Å²) < 4.78 is 16.5. The number of carbonyl (C=O) groups excluding carboxylic acids is 2. The molecule has 1 heterocycles. The molecule has 0 aliphatic heterocycles. The van der Waals surface area contributed by atoms with E-state index in [0.717, 1.165) is 10.5 Å². The lowest BCUT2D eigenvalue weighted by molar-refractivity contribution is 0.0635. The third kappa shape index (κ3) is 8.00. The first-order valence-corrected chi connectivity index (χ1v) is 11.7. The predicted octanol–water partition coefficient (Wildman–Crippen LogP) is 6.69. The van der Waals surface area contributed by atoms with Gasteiger partial charge >= 0.3 is 12.2 Å². The quantitative estimate of drug-likeness (QED) is 0.363. The second kappa shape index (κ2) is 11.4. The molecule has 0 aliphatic carbocycles. The van der Waals surface area contributed by atoms with Crippen LogP contribution in [0.5, 0.6) is 11.5 Å². The van der Waals surface area contributed by atoms with Crippen LogP contribution >= 0.6 is 11.8 Å². The van der Waals surface area contributed by atoms with Crippen LogP contribution in [0.3, 0.4) is 0 Å². The number of nitrogens with one attached hydrogen (secondary N) is 2. The van der Waals surface area contributed by atoms with Gasteiger partial charge in [0, 0.05) is 17.2 Å². The number of ether oxygens (including phenoxy) is 3. The molecule has 0 spiro atoms. The van der Waals surface area contributed by atoms with Crippen molar-refractivity contribution in [1.82, 2.24) is 4.98 Å². The Morgan fingerprint density at radius 1 is 0.941 bits per heavy atom. The summed E-state index contributed by atoms with van der Waals surface area (Å²) in [6.07, 6.45) is 2.28. The number of amides is 2. The third-order valence-electron chi connectivity index (χ3n) is 4.22. The summed E-state index contributed by atoms with van der Waals surface area (Å²) in [5, 5.41) is 5.35. The predicted molar refractivity (Wildman–Crippen MR) is 133 cm³/mol. The molecule has 34 heavy (non-hydrogen) atoms. The standard InChI is InChI=1S/C25H27N3O5S/c1-25(2,3)33-24(30)27-20-11-10-18(14-21(20)34-4)32-19-12-13-26-22(15-19)28-23(29)31-16-17-8-6-5-7-9-17/h5-15H,16H2,1-4H3,(H,27,30)(H,26,28,29). The fourth-order valence-corrected chi connectivity index (χ4v) is 3.37. The zero-order valence-electron chi connectivity index (χ0n) is 19.5. The number of hydrogen-bond acceptors (Lipinski definition) is 7. The van der Waals surface area contributed by atoms with E-state index in [-0.39, 0.29) is 6.61 Å². The molecule has 2 amide bonds. The van der Waals surface area contributed by atoms with Crippen molar-refractivity contribution < 1.29 is 23.8 Å². The molecule has 0 saturated carbocycles. The average Bonchev–Trinajstić information content (AvgIpc) is 2.78. The molecule has 0 radical (unpaired) electrons. The maximum absolute atomic E-state index is 12.1. The lowest BCUT2D eigenvalue weighted by Gasteiger charge is -2.20. The van der Waals surface area contributed by atoms with E-state index in [4.69, 9.17) is 14.2 Å². The number of anilines is 2. The number of aromatic nitrogens is 1. The summed E-state index contributed by atoms with van der Waals surface area (Å²) >= 11 is 1.46. The number of hydrogen-bond donors (Lipinski definition) is 2. The first-order chi connectivity index (χ1) is 16.2. The van der Waals surface area contributed by atoms with Crippen molar-refractivity contribution in [2.45, 2.75) is 37.9 Å². The minimum absolute atomic E-state index is 0.157. The lowest BCUT2D eigenvalue weighted by atomic mass is 10.2. The van der Waals surface area contributed by atoms with Crippen molar-refractivity contribution in [3.05, 3.63) is 72.4 Å². The van der Waals surface area contributed by atoms with Gasteiger partial charge in [-0.05, 0) is 56.9 Å². The SMILES string of the molecule is CSc1cc(Oc2ccnc(NC(=O)OCc3ccccc3)c2)ccc1NC(=O)OC(C)(C)C. The summed E-state index contributed by atoms with van der Waals surface area (Å²) in [6.45, 7) is 5.57. The molecular weight excluding hydrogens is 454 g/mol. The van der Waals surface area contributed by atoms with Crippen LogP contribution in [0.2, 0.25) is 0 Å². The molecule has 3 aromatic rings. The number of nitrogens with zero attached hydrogens (tertiary/aromatic N) is 1. The van der Waals surface area contributed by atoms with E-state index in [1.54, 1.807) is 51.1 Å². The molecule has 0 bridgehead atoms. The molecule has 0 fully saturated rings. The van der Waals surface area contributed by atoms with Crippen molar-refractivity contribution in [3.63, 3.8) is 0 Å². The van der Waals surface area contributed by atoms with E-state index in [1.165, 1.54) is 18.0 Å². The first kappa shape index (κ1) is 24.9. The van der Waals surface area contributed by atoms with E-state index >= 15 is 0 Å². The fourth-order valence-electron chi connectivity index (χ4n) is 2.79. The maximum Gasteiger partial charge on any atom is 0.413 e. The van der Waals surface area contributed by atoms with Crippen molar-refractivity contribution in [2.75, 3.05) is 16.9 Å². The van der Waals surface area contributed by atoms with Gasteiger partial charge in [-0.15, -0.1) is 11.8 Å². The smallest absolute Gasteiger partial charge is 0.413 e. The normalized spacial score (nSPS) is 10.8. The monoisotopic (exact) mass is 481 g/mol. The summed E-state index contributed by atoms with van der Waals surface area (Å²) in [5.41, 5.74) is 0.914. The van der Waals surface area contributed by atoms with Crippen LogP contribution in [0, 0.1) is 0 Å². The molecule has 8 nitrogen and oxygen atoms in total. The van der Waals surface area contributed by atoms with Gasteiger partial charge in [0.2, 0.25) is 0 Å². The molecule has 178 valence electrons. The minimum atomic E-state index is -0.615. The number of benzene rings is 2. The highest BCUT2D eigenvalue weighted by Crippen LogP contribution is 2.32. The highest BCUT2D eigenvalue weighted by molar-refractivity contribution is 7.98. The van der Waals surface area contributed by atoms with E-state index < -0.39 is 17.8 Å². The Morgan fingerprint density at radius 2 is 1.68 bits per heavy atom. The Bertz CT molecular complexity index is 1130. The first-order valence-electron chi connectivity index (χ1n) is 10.5. The molecule has 0 aliphatic rings. The van der Waals surface area contributed by atoms with Gasteiger partial charge in [0.05, 0.1) is 5.69 Å². The Morgan fingerprint density at radius 3 is 2.38 bits per heavy atom. The van der Waals surface area contributed by atoms with Crippen LogP contribution in [-0.4, -0.2) is 29.0 Å². The number of carbonyl (C=O) groups is 2. The number of thioether (sulfide) groups is 1. The third-order valence-corrected chi connectivity index (χ3v) is 5.00. The number of pyridine rings is 1. The van der Waals surface area contributed by atoms with Crippen molar-refractivity contribution in [2.24, 2.45) is 0 Å². The zero-order chi connectivity index (χ0) is 24.6. The van der Waals surface area contributed by atoms with E-state index in [2.05, 4.69) is 15.6 Å². The lowest BCUT2D eigenvalue weighted by Crippen LogP contribution is -2.27. The summed E-state index contributed by atoms with van der Waals surface area (Å²) in [4.78, 5) is 29.1. The van der Waals surface area contributed by atoms with Crippen LogP contribution in [0.25, 0.3) is 0 Å². The number of rotatable bonds is 7. The highest BCUT2D eigenvalue weighted by atomic mass is 32.2. The largest absolute Gasteiger partial charge is 0.457 e. The molecule has 0 atom stereocenters. The zero-order valence-corrected chi connectivity index (χ0v) is 20.3. The highest BCUT2D eigenvalue weighted by Gasteiger charge is 2.17. The maximum atomic E-state index is 12.1. The van der Waals surface area contributed by atoms with E-state index in [0.29, 0.717) is 23.0 Å². The molecule has 3 rings (SSSR count). The topological polar surface area (TPSA) is 98.8 Å². The van der Waals surface area contributed by atoms with Crippen LogP contribution < -0.4 is 15.4 Å². The fraction of sp³-hybridized carbons (Fsp3) is 0.240. The van der Waals surface area contributed by atoms with Gasteiger partial charge in [0.25, 0.3) is 0 Å². The average molecular weight is 482 g/mol. The summed E-state index contributed by atoms with van der Waals surface area (Å²) in [6, 6.07) is 17.9. The Balaban J connectivity index is 1.61. The second-order valence-corrected chi connectivity index (χ2v) is 9.00. The van der Waals surface area contributed by atoms with E-state index in [9.17, 15) is 9.59 Å². The van der Waals surface area contributed by atoms with Gasteiger partial charge in [-0.1, -0.05) is 30.3 Å². The molecule has 0 saturated heterocycles. The van der Waals surface area contributed by atoms with Crippen LogP contribution in [0.4, 0.5) is 21.1 Å². The van der Waals surface area contributed by atoms with Gasteiger partial charge in [0.1, 0.15) is 29.5 Å². The van der Waals surface area contributed by atoms with Crippen molar-refractivity contribution >= 4 is 35.5 Å². The molecule has 9 heteroatoms. The summed E-state index contributed by atoms with van der Waals surface area (Å²) in [7, 11) is 0. The molecular formula is C25H27N3O5S. The van der Waals surface area contributed by atoms with Crippen LogP contribution in [0.1, 0.15) is 26.3 Å². The van der Waals surface area contributed by atoms with Crippen LogP contribution in [-0.2, 0) is 16.1 Å².